The van der Waals surface area contributed by atoms with Crippen molar-refractivity contribution in [2.75, 3.05) is 6.54 Å². The summed E-state index contributed by atoms with van der Waals surface area (Å²) < 4.78 is 0. The predicted octanol–water partition coefficient (Wildman–Crippen LogP) is 4.00. The Morgan fingerprint density at radius 2 is 1.77 bits per heavy atom. The van der Waals surface area contributed by atoms with Crippen LogP contribution in [0.2, 0.25) is 0 Å². The van der Waals surface area contributed by atoms with Crippen molar-refractivity contribution >= 4 is 17.9 Å². The average Bonchev–Trinajstić information content (AvgIpc) is 2.52. The first-order chi connectivity index (χ1) is 10.7. The van der Waals surface area contributed by atoms with E-state index in [1.54, 1.807) is 0 Å². The first-order valence-electron chi connectivity index (χ1n) is 7.41. The van der Waals surface area contributed by atoms with Crippen molar-refractivity contribution in [1.29, 1.82) is 0 Å². The summed E-state index contributed by atoms with van der Waals surface area (Å²) in [5.41, 5.74) is 11.9. The second-order valence-electron chi connectivity index (χ2n) is 5.35. The van der Waals surface area contributed by atoms with Crippen molar-refractivity contribution in [2.45, 2.75) is 20.3 Å². The van der Waals surface area contributed by atoms with Gasteiger partial charge in [0.1, 0.15) is 0 Å². The smallest absolute Gasteiger partial charge is 0.0880 e. The molecule has 3 nitrogen and oxygen atoms in total. The minimum absolute atomic E-state index is 0.460. The van der Waals surface area contributed by atoms with Gasteiger partial charge in [0.15, 0.2) is 0 Å². The maximum absolute atomic E-state index is 9.10. The summed E-state index contributed by atoms with van der Waals surface area (Å²) in [6.07, 6.45) is 4.76. The molecular formula is C19H22N2O. The Morgan fingerprint density at radius 3 is 2.41 bits per heavy atom. The summed E-state index contributed by atoms with van der Waals surface area (Å²) in [5.74, 6) is 0. The van der Waals surface area contributed by atoms with Crippen LogP contribution >= 0.6 is 0 Å². The van der Waals surface area contributed by atoms with E-state index in [0.717, 1.165) is 11.1 Å². The van der Waals surface area contributed by atoms with E-state index in [2.05, 4.69) is 49.4 Å². The van der Waals surface area contributed by atoms with Gasteiger partial charge in [-0.05, 0) is 54.3 Å². The molecule has 0 saturated carbocycles. The normalized spacial score (nSPS) is 12.0. The van der Waals surface area contributed by atoms with Crippen LogP contribution in [0.5, 0.6) is 0 Å². The molecule has 2 aromatic rings. The summed E-state index contributed by atoms with van der Waals surface area (Å²) >= 11 is 0. The highest BCUT2D eigenvalue weighted by Crippen LogP contribution is 2.17. The lowest BCUT2D eigenvalue weighted by Gasteiger charge is -2.06. The average molecular weight is 294 g/mol. The second-order valence-corrected chi connectivity index (χ2v) is 5.35. The highest BCUT2D eigenvalue weighted by atomic mass is 16.4. The highest BCUT2D eigenvalue weighted by molar-refractivity contribution is 6.00. The number of oxime groups is 1. The number of rotatable bonds is 5. The van der Waals surface area contributed by atoms with Crippen LogP contribution in [-0.2, 0) is 0 Å². The minimum Gasteiger partial charge on any atom is -0.411 e. The Labute approximate surface area is 131 Å². The van der Waals surface area contributed by atoms with Crippen molar-refractivity contribution in [3.8, 4) is 0 Å². The van der Waals surface area contributed by atoms with Crippen molar-refractivity contribution in [3.63, 3.8) is 0 Å². The lowest BCUT2D eigenvalue weighted by molar-refractivity contribution is 0.318. The van der Waals surface area contributed by atoms with Crippen LogP contribution in [-0.4, -0.2) is 17.5 Å². The van der Waals surface area contributed by atoms with Crippen LogP contribution in [0.1, 0.15) is 34.2 Å². The molecule has 3 N–H and O–H groups in total. The van der Waals surface area contributed by atoms with Gasteiger partial charge in [0.25, 0.3) is 0 Å². The molecule has 0 aliphatic heterocycles. The monoisotopic (exact) mass is 294 g/mol. The van der Waals surface area contributed by atoms with Gasteiger partial charge in [-0.1, -0.05) is 53.7 Å². The fourth-order valence-corrected chi connectivity index (χ4v) is 2.48. The summed E-state index contributed by atoms with van der Waals surface area (Å²) in [7, 11) is 0. The van der Waals surface area contributed by atoms with Crippen molar-refractivity contribution in [3.05, 3.63) is 70.3 Å². The lowest BCUT2D eigenvalue weighted by atomic mass is 10.0. The van der Waals surface area contributed by atoms with Crippen LogP contribution < -0.4 is 5.73 Å². The van der Waals surface area contributed by atoms with Gasteiger partial charge in [-0.3, -0.25) is 0 Å². The molecule has 0 fully saturated rings. The van der Waals surface area contributed by atoms with E-state index in [1.165, 1.54) is 16.7 Å². The highest BCUT2D eigenvalue weighted by Gasteiger charge is 2.04. The van der Waals surface area contributed by atoms with E-state index < -0.39 is 0 Å². The minimum atomic E-state index is 0.460. The zero-order valence-corrected chi connectivity index (χ0v) is 13.1. The molecule has 0 aromatic heterocycles. The number of aryl methyl sites for hydroxylation is 2. The molecule has 0 spiro atoms. The number of benzene rings is 2. The molecule has 0 atom stereocenters. The maximum Gasteiger partial charge on any atom is 0.0880 e. The van der Waals surface area contributed by atoms with Gasteiger partial charge in [0.2, 0.25) is 0 Å². The van der Waals surface area contributed by atoms with Crippen molar-refractivity contribution < 1.29 is 5.21 Å². The molecular weight excluding hydrogens is 272 g/mol. The predicted molar refractivity (Wildman–Crippen MR) is 93.3 cm³/mol. The van der Waals surface area contributed by atoms with E-state index >= 15 is 0 Å². The van der Waals surface area contributed by atoms with Crippen molar-refractivity contribution in [1.82, 2.24) is 0 Å². The zero-order valence-electron chi connectivity index (χ0n) is 13.1. The fraction of sp³-hybridized carbons (Fsp3) is 0.211. The van der Waals surface area contributed by atoms with E-state index in [4.69, 9.17) is 10.9 Å². The Bertz CT molecular complexity index is 682. The first kappa shape index (κ1) is 16.0. The van der Waals surface area contributed by atoms with Gasteiger partial charge in [0, 0.05) is 6.42 Å². The number of nitrogens with two attached hydrogens (primary N) is 1. The zero-order chi connectivity index (χ0) is 15.9. The second kappa shape index (κ2) is 7.57. The molecule has 2 aromatic carbocycles. The summed E-state index contributed by atoms with van der Waals surface area (Å²) in [4.78, 5) is 0. The third-order valence-corrected chi connectivity index (χ3v) is 3.71. The molecule has 2 rings (SSSR count). The Kier molecular flexibility index (Phi) is 5.50. The van der Waals surface area contributed by atoms with Crippen LogP contribution in [0.25, 0.3) is 12.2 Å². The molecule has 0 amide bonds. The van der Waals surface area contributed by atoms with Gasteiger partial charge >= 0.3 is 0 Å². The standard InChI is InChI=1S/C19H22N2O/c1-14-5-3-6-15(2)18(14)10-9-16-7-4-8-17(13-16)19(21-22)11-12-20/h3-10,13,22H,11-12,20H2,1-2H3. The van der Waals surface area contributed by atoms with Gasteiger partial charge in [-0.25, -0.2) is 0 Å². The molecule has 3 heteroatoms. The quantitative estimate of drug-likeness (QED) is 0.379. The molecule has 0 radical (unpaired) electrons. The third-order valence-electron chi connectivity index (χ3n) is 3.71. The SMILES string of the molecule is Cc1cccc(C)c1C=Cc1cccc(C(CCN)=NO)c1. The molecule has 0 aliphatic carbocycles. The molecule has 0 saturated heterocycles. The third kappa shape index (κ3) is 3.83. The Balaban J connectivity index is 2.29. The van der Waals surface area contributed by atoms with E-state index in [0.29, 0.717) is 18.7 Å². The van der Waals surface area contributed by atoms with E-state index in [-0.39, 0.29) is 0 Å². The topological polar surface area (TPSA) is 58.6 Å². The molecule has 114 valence electrons. The Hall–Kier alpha value is -2.39. The summed E-state index contributed by atoms with van der Waals surface area (Å²) in [6, 6.07) is 14.2. The first-order valence-corrected chi connectivity index (χ1v) is 7.41. The van der Waals surface area contributed by atoms with Crippen molar-refractivity contribution in [2.24, 2.45) is 10.9 Å². The number of hydrogen-bond donors (Lipinski definition) is 2. The van der Waals surface area contributed by atoms with Gasteiger partial charge < -0.3 is 10.9 Å². The largest absolute Gasteiger partial charge is 0.411 e. The maximum atomic E-state index is 9.10. The number of nitrogens with zero attached hydrogens (tertiary/aromatic N) is 1. The van der Waals surface area contributed by atoms with Crippen LogP contribution in [0.3, 0.4) is 0 Å². The summed E-state index contributed by atoms with van der Waals surface area (Å²) in [5, 5.41) is 12.4. The van der Waals surface area contributed by atoms with Gasteiger partial charge in [0.05, 0.1) is 5.71 Å². The van der Waals surface area contributed by atoms with Gasteiger partial charge in [-0.15, -0.1) is 0 Å². The fourth-order valence-electron chi connectivity index (χ4n) is 2.48. The van der Waals surface area contributed by atoms with Crippen LogP contribution in [0.15, 0.2) is 47.6 Å². The Morgan fingerprint density at radius 1 is 1.09 bits per heavy atom. The van der Waals surface area contributed by atoms with Crippen LogP contribution in [0, 0.1) is 13.8 Å². The molecule has 22 heavy (non-hydrogen) atoms. The van der Waals surface area contributed by atoms with Gasteiger partial charge in [-0.2, -0.15) is 0 Å². The molecule has 0 aliphatic rings. The van der Waals surface area contributed by atoms with E-state index in [1.807, 2.05) is 24.3 Å². The molecule has 0 heterocycles. The molecule has 0 bridgehead atoms. The van der Waals surface area contributed by atoms with Crippen LogP contribution in [0.4, 0.5) is 0 Å². The lowest BCUT2D eigenvalue weighted by Crippen LogP contribution is -2.09. The molecule has 0 unspecified atom stereocenters. The number of hydrogen-bond acceptors (Lipinski definition) is 3. The van der Waals surface area contributed by atoms with E-state index in [9.17, 15) is 0 Å². The summed E-state index contributed by atoms with van der Waals surface area (Å²) in [6.45, 7) is 4.68.